The first kappa shape index (κ1) is 14.5. The van der Waals surface area contributed by atoms with Gasteiger partial charge in [-0.15, -0.1) is 11.3 Å². The first-order valence-electron chi connectivity index (χ1n) is 5.20. The van der Waals surface area contributed by atoms with Gasteiger partial charge in [0.15, 0.2) is 0 Å². The molecule has 0 fully saturated rings. The van der Waals surface area contributed by atoms with Gasteiger partial charge < -0.3 is 14.4 Å². The number of alkyl halides is 1. The molecule has 1 aromatic heterocycles. The van der Waals surface area contributed by atoms with Crippen molar-refractivity contribution < 1.29 is 14.3 Å². The Balaban J connectivity index is 2.76. The number of thiophene rings is 1. The largest absolute Gasteiger partial charge is 0.495 e. The van der Waals surface area contributed by atoms with Gasteiger partial charge in [-0.3, -0.25) is 4.79 Å². The lowest BCUT2D eigenvalue weighted by molar-refractivity contribution is 0.0710. The summed E-state index contributed by atoms with van der Waals surface area (Å²) in [5, 5.41) is 2.60. The van der Waals surface area contributed by atoms with Gasteiger partial charge in [-0.25, -0.2) is 0 Å². The van der Waals surface area contributed by atoms with Gasteiger partial charge in [-0.05, 0) is 11.4 Å². The molecule has 0 radical (unpaired) electrons. The van der Waals surface area contributed by atoms with E-state index in [1.807, 2.05) is 5.38 Å². The molecule has 1 rings (SSSR count). The number of rotatable bonds is 7. The first-order valence-corrected chi connectivity index (χ1v) is 7.20. The van der Waals surface area contributed by atoms with Crippen molar-refractivity contribution in [3.05, 3.63) is 16.3 Å². The molecule has 0 saturated heterocycles. The summed E-state index contributed by atoms with van der Waals surface area (Å²) >= 11 is 4.74. The molecule has 0 spiro atoms. The minimum absolute atomic E-state index is 0.00616. The van der Waals surface area contributed by atoms with Crippen LogP contribution in [0.15, 0.2) is 11.4 Å². The third-order valence-corrected chi connectivity index (χ3v) is 3.49. The van der Waals surface area contributed by atoms with Crippen LogP contribution in [0.3, 0.4) is 0 Å². The van der Waals surface area contributed by atoms with Crippen LogP contribution in [0.1, 0.15) is 9.67 Å². The normalized spacial score (nSPS) is 10.3. The summed E-state index contributed by atoms with van der Waals surface area (Å²) in [6.45, 7) is 1.78. The smallest absolute Gasteiger partial charge is 0.267 e. The van der Waals surface area contributed by atoms with E-state index in [1.165, 1.54) is 11.3 Å². The Kier molecular flexibility index (Phi) is 6.54. The van der Waals surface area contributed by atoms with Crippen molar-refractivity contribution in [3.8, 4) is 5.75 Å². The molecular weight excluding hydrogens is 306 g/mol. The maximum Gasteiger partial charge on any atom is 0.267 e. The van der Waals surface area contributed by atoms with E-state index in [-0.39, 0.29) is 5.91 Å². The molecule has 0 bridgehead atoms. The van der Waals surface area contributed by atoms with Gasteiger partial charge in [-0.2, -0.15) is 0 Å². The van der Waals surface area contributed by atoms with E-state index in [9.17, 15) is 4.79 Å². The quantitative estimate of drug-likeness (QED) is 0.723. The Morgan fingerprint density at radius 3 is 2.82 bits per heavy atom. The fourth-order valence-electron chi connectivity index (χ4n) is 1.38. The molecule has 96 valence electrons. The summed E-state index contributed by atoms with van der Waals surface area (Å²) in [6, 6.07) is 1.81. The van der Waals surface area contributed by atoms with E-state index in [4.69, 9.17) is 9.47 Å². The van der Waals surface area contributed by atoms with Crippen LogP contribution in [0.4, 0.5) is 0 Å². The second-order valence-electron chi connectivity index (χ2n) is 3.29. The molecule has 6 heteroatoms. The molecule has 0 atom stereocenters. The number of halogens is 1. The molecule has 0 aromatic carbocycles. The standard InChI is InChI=1S/C11H16BrNO3S/c1-15-7-6-13(5-4-12)11(14)10-9(16-2)3-8-17-10/h3,8H,4-7H2,1-2H3. The zero-order chi connectivity index (χ0) is 12.7. The number of carbonyl (C=O) groups excluding carboxylic acids is 1. The Hall–Kier alpha value is -0.590. The molecule has 1 heterocycles. The summed E-state index contributed by atoms with van der Waals surface area (Å²) in [4.78, 5) is 14.7. The zero-order valence-corrected chi connectivity index (χ0v) is 12.3. The lowest BCUT2D eigenvalue weighted by Crippen LogP contribution is -2.35. The summed E-state index contributed by atoms with van der Waals surface area (Å²) in [5.74, 6) is 0.630. The van der Waals surface area contributed by atoms with Gasteiger partial charge in [0, 0.05) is 25.5 Å². The van der Waals surface area contributed by atoms with Gasteiger partial charge in [-0.1, -0.05) is 15.9 Å². The summed E-state index contributed by atoms with van der Waals surface area (Å²) in [5.41, 5.74) is 0. The Labute approximate surface area is 114 Å². The predicted octanol–water partition coefficient (Wildman–Crippen LogP) is 2.24. The lowest BCUT2D eigenvalue weighted by atomic mass is 10.3. The molecule has 0 saturated carbocycles. The van der Waals surface area contributed by atoms with Crippen LogP contribution in [0.5, 0.6) is 5.75 Å². The molecule has 0 N–H and O–H groups in total. The number of nitrogens with zero attached hydrogens (tertiary/aromatic N) is 1. The average molecular weight is 322 g/mol. The van der Waals surface area contributed by atoms with E-state index in [0.717, 1.165) is 5.33 Å². The maximum absolute atomic E-state index is 12.3. The van der Waals surface area contributed by atoms with E-state index < -0.39 is 0 Å². The monoisotopic (exact) mass is 321 g/mol. The SMILES string of the molecule is COCCN(CCBr)C(=O)c1sccc1OC. The highest BCUT2D eigenvalue weighted by Gasteiger charge is 2.20. The van der Waals surface area contributed by atoms with Crippen LogP contribution >= 0.6 is 27.3 Å². The topological polar surface area (TPSA) is 38.8 Å². The van der Waals surface area contributed by atoms with Crippen LogP contribution in [0, 0.1) is 0 Å². The van der Waals surface area contributed by atoms with Gasteiger partial charge in [0.2, 0.25) is 0 Å². The predicted molar refractivity (Wildman–Crippen MR) is 72.4 cm³/mol. The number of hydrogen-bond acceptors (Lipinski definition) is 4. The summed E-state index contributed by atoms with van der Waals surface area (Å²) in [6.07, 6.45) is 0. The highest BCUT2D eigenvalue weighted by atomic mass is 79.9. The Morgan fingerprint density at radius 2 is 2.24 bits per heavy atom. The third-order valence-electron chi connectivity index (χ3n) is 2.25. The highest BCUT2D eigenvalue weighted by Crippen LogP contribution is 2.25. The number of methoxy groups -OCH3 is 2. The highest BCUT2D eigenvalue weighted by molar-refractivity contribution is 9.09. The van der Waals surface area contributed by atoms with Gasteiger partial charge in [0.05, 0.1) is 13.7 Å². The molecule has 0 aliphatic carbocycles. The van der Waals surface area contributed by atoms with Crippen LogP contribution in [0.25, 0.3) is 0 Å². The fraction of sp³-hybridized carbons (Fsp3) is 0.545. The molecule has 1 amide bonds. The summed E-state index contributed by atoms with van der Waals surface area (Å²) < 4.78 is 10.2. The van der Waals surface area contributed by atoms with Crippen molar-refractivity contribution in [1.29, 1.82) is 0 Å². The second kappa shape index (κ2) is 7.68. The minimum Gasteiger partial charge on any atom is -0.495 e. The van der Waals surface area contributed by atoms with Crippen molar-refractivity contribution in [2.75, 3.05) is 39.2 Å². The number of amides is 1. The number of carbonyl (C=O) groups is 1. The number of hydrogen-bond donors (Lipinski definition) is 0. The average Bonchev–Trinajstić information content (AvgIpc) is 2.81. The lowest BCUT2D eigenvalue weighted by Gasteiger charge is -2.21. The van der Waals surface area contributed by atoms with E-state index in [2.05, 4.69) is 15.9 Å². The van der Waals surface area contributed by atoms with Crippen LogP contribution < -0.4 is 4.74 Å². The van der Waals surface area contributed by atoms with Crippen molar-refractivity contribution in [3.63, 3.8) is 0 Å². The molecule has 4 nitrogen and oxygen atoms in total. The van der Waals surface area contributed by atoms with Crippen molar-refractivity contribution >= 4 is 33.2 Å². The van der Waals surface area contributed by atoms with E-state index >= 15 is 0 Å². The Bertz CT molecular complexity index is 356. The third kappa shape index (κ3) is 3.97. The molecule has 0 unspecified atom stereocenters. The molecular formula is C11H16BrNO3S. The summed E-state index contributed by atoms with van der Waals surface area (Å²) in [7, 11) is 3.20. The van der Waals surface area contributed by atoms with Crippen LogP contribution in [0.2, 0.25) is 0 Å². The van der Waals surface area contributed by atoms with Gasteiger partial charge >= 0.3 is 0 Å². The second-order valence-corrected chi connectivity index (χ2v) is 5.00. The van der Waals surface area contributed by atoms with E-state index in [1.54, 1.807) is 25.2 Å². The number of ether oxygens (including phenoxy) is 2. The molecule has 0 aliphatic heterocycles. The maximum atomic E-state index is 12.3. The fourth-order valence-corrected chi connectivity index (χ4v) is 2.63. The zero-order valence-electron chi connectivity index (χ0n) is 9.94. The van der Waals surface area contributed by atoms with Crippen molar-refractivity contribution in [2.45, 2.75) is 0 Å². The minimum atomic E-state index is -0.00616. The van der Waals surface area contributed by atoms with E-state index in [0.29, 0.717) is 30.3 Å². The first-order chi connectivity index (χ1) is 8.24. The van der Waals surface area contributed by atoms with Crippen LogP contribution in [-0.2, 0) is 4.74 Å². The Morgan fingerprint density at radius 1 is 1.47 bits per heavy atom. The molecule has 0 aliphatic rings. The molecule has 1 aromatic rings. The van der Waals surface area contributed by atoms with Gasteiger partial charge in [0.1, 0.15) is 10.6 Å². The molecule has 17 heavy (non-hydrogen) atoms. The van der Waals surface area contributed by atoms with Crippen molar-refractivity contribution in [2.24, 2.45) is 0 Å². The van der Waals surface area contributed by atoms with Crippen LogP contribution in [-0.4, -0.2) is 50.1 Å². The van der Waals surface area contributed by atoms with Gasteiger partial charge in [0.25, 0.3) is 5.91 Å². The van der Waals surface area contributed by atoms with Crippen molar-refractivity contribution in [1.82, 2.24) is 4.90 Å².